The molecule has 0 fully saturated rings. The van der Waals surface area contributed by atoms with Crippen LogP contribution in [-0.2, 0) is 9.53 Å². The first-order chi connectivity index (χ1) is 7.66. The highest BCUT2D eigenvalue weighted by molar-refractivity contribution is 5.86. The Morgan fingerprint density at radius 3 is 1.76 bits per heavy atom. The molecule has 0 aromatic rings. The molecule has 0 atom stereocenters. The van der Waals surface area contributed by atoms with Gasteiger partial charge in [0, 0.05) is 5.57 Å². The molecule has 0 radical (unpaired) electrons. The Morgan fingerprint density at radius 1 is 1.18 bits per heavy atom. The maximum Gasteiger partial charge on any atom is 0.734 e. The van der Waals surface area contributed by atoms with Gasteiger partial charge in [-0.15, -0.1) is 0 Å². The third-order valence-electron chi connectivity index (χ3n) is 1.62. The van der Waals surface area contributed by atoms with E-state index in [-0.39, 0.29) is 5.57 Å². The Balaban J connectivity index is 5.15. The van der Waals surface area contributed by atoms with Crippen LogP contribution in [0.25, 0.3) is 0 Å². The lowest BCUT2D eigenvalue weighted by molar-refractivity contribution is -0.970. The van der Waals surface area contributed by atoms with E-state index in [1.54, 1.807) is 0 Å². The fourth-order valence-corrected chi connectivity index (χ4v) is 0.644. The fraction of sp³-hybridized carbons (Fsp3) is 0.500. The number of hydrogen-bond donors (Lipinski definition) is 0. The standard InChI is InChI=1S/C6H7N3O8/c1-4(2)5(10)17-3-6(7(11)12,8(13)14)9(15)16/h1,3H2,2H3. The summed E-state index contributed by atoms with van der Waals surface area (Å²) >= 11 is 0. The molecule has 0 aliphatic rings. The van der Waals surface area contributed by atoms with Crippen molar-refractivity contribution in [3.05, 3.63) is 42.5 Å². The smallest absolute Gasteiger partial charge is 0.437 e. The van der Waals surface area contributed by atoms with Gasteiger partial charge in [-0.05, 0) is 6.92 Å². The van der Waals surface area contributed by atoms with Crippen molar-refractivity contribution in [3.63, 3.8) is 0 Å². The lowest BCUT2D eigenvalue weighted by atomic mass is 10.3. The first-order valence-corrected chi connectivity index (χ1v) is 3.92. The summed E-state index contributed by atoms with van der Waals surface area (Å²) in [6.07, 6.45) is 0. The van der Waals surface area contributed by atoms with Crippen LogP contribution < -0.4 is 0 Å². The molecular formula is C6H7N3O8. The lowest BCUT2D eigenvalue weighted by Gasteiger charge is -2.09. The Bertz CT molecular complexity index is 366. The van der Waals surface area contributed by atoms with E-state index in [2.05, 4.69) is 11.3 Å². The second-order valence-corrected chi connectivity index (χ2v) is 2.90. The van der Waals surface area contributed by atoms with E-state index in [1.807, 2.05) is 0 Å². The van der Waals surface area contributed by atoms with Crippen LogP contribution in [0.5, 0.6) is 0 Å². The Kier molecular flexibility index (Phi) is 4.20. The average molecular weight is 249 g/mol. The molecule has 0 spiro atoms. The highest BCUT2D eigenvalue weighted by atomic mass is 16.7. The van der Waals surface area contributed by atoms with Crippen molar-refractivity contribution in [2.24, 2.45) is 0 Å². The summed E-state index contributed by atoms with van der Waals surface area (Å²) in [4.78, 5) is 36.8. The van der Waals surface area contributed by atoms with Crippen LogP contribution in [0.15, 0.2) is 12.2 Å². The molecule has 0 saturated carbocycles. The van der Waals surface area contributed by atoms with Gasteiger partial charge in [0.05, 0.1) is 0 Å². The molecule has 11 nitrogen and oxygen atoms in total. The van der Waals surface area contributed by atoms with Gasteiger partial charge in [0.15, 0.2) is 14.8 Å². The van der Waals surface area contributed by atoms with Crippen molar-refractivity contribution < 1.29 is 24.3 Å². The first kappa shape index (κ1) is 14.4. The van der Waals surface area contributed by atoms with Crippen LogP contribution >= 0.6 is 0 Å². The summed E-state index contributed by atoms with van der Waals surface area (Å²) < 4.78 is 4.09. The summed E-state index contributed by atoms with van der Waals surface area (Å²) in [5.41, 5.74) is -0.200. The zero-order chi connectivity index (χ0) is 13.8. The van der Waals surface area contributed by atoms with Crippen molar-refractivity contribution in [2.45, 2.75) is 12.7 Å². The second-order valence-electron chi connectivity index (χ2n) is 2.90. The van der Waals surface area contributed by atoms with Crippen LogP contribution in [0.2, 0.25) is 0 Å². The van der Waals surface area contributed by atoms with Gasteiger partial charge in [0.2, 0.25) is 0 Å². The molecule has 0 bridgehead atoms. The predicted octanol–water partition coefficient (Wildman–Crippen LogP) is -0.410. The molecular weight excluding hydrogens is 242 g/mol. The molecule has 0 saturated heterocycles. The van der Waals surface area contributed by atoms with Gasteiger partial charge in [0.1, 0.15) is 0 Å². The lowest BCUT2D eigenvalue weighted by Crippen LogP contribution is -2.57. The van der Waals surface area contributed by atoms with E-state index in [9.17, 15) is 35.1 Å². The topological polar surface area (TPSA) is 156 Å². The van der Waals surface area contributed by atoms with Crippen LogP contribution in [0, 0.1) is 30.3 Å². The van der Waals surface area contributed by atoms with Gasteiger partial charge in [-0.2, -0.15) is 0 Å². The van der Waals surface area contributed by atoms with Gasteiger partial charge in [-0.3, -0.25) is 30.3 Å². The Labute approximate surface area is 93.1 Å². The van der Waals surface area contributed by atoms with Gasteiger partial charge in [-0.1, -0.05) is 6.58 Å². The first-order valence-electron chi connectivity index (χ1n) is 3.92. The minimum atomic E-state index is -3.80. The number of nitrogens with zero attached hydrogens (tertiary/aromatic N) is 3. The van der Waals surface area contributed by atoms with E-state index in [0.717, 1.165) is 0 Å². The normalized spacial score (nSPS) is 10.4. The molecule has 0 aliphatic carbocycles. The van der Waals surface area contributed by atoms with E-state index in [4.69, 9.17) is 0 Å². The highest BCUT2D eigenvalue weighted by Gasteiger charge is 2.72. The van der Waals surface area contributed by atoms with Crippen molar-refractivity contribution in [1.29, 1.82) is 0 Å². The zero-order valence-electron chi connectivity index (χ0n) is 8.52. The molecule has 0 unspecified atom stereocenters. The van der Waals surface area contributed by atoms with Crippen LogP contribution in [0.4, 0.5) is 0 Å². The molecule has 0 aromatic heterocycles. The summed E-state index contributed by atoms with van der Waals surface area (Å²) in [7, 11) is 0. The molecule has 0 amide bonds. The van der Waals surface area contributed by atoms with Crippen molar-refractivity contribution in [1.82, 2.24) is 0 Å². The molecule has 0 N–H and O–H groups in total. The Hall–Kier alpha value is -2.59. The molecule has 0 rings (SSSR count). The quantitative estimate of drug-likeness (QED) is 0.202. The number of esters is 1. The third kappa shape index (κ3) is 2.70. The molecule has 0 aromatic carbocycles. The molecule has 17 heavy (non-hydrogen) atoms. The fourth-order valence-electron chi connectivity index (χ4n) is 0.644. The summed E-state index contributed by atoms with van der Waals surface area (Å²) in [5, 5.41) is 31.2. The number of nitro groups is 3. The van der Waals surface area contributed by atoms with Gasteiger partial charge in [-0.25, -0.2) is 4.79 Å². The monoisotopic (exact) mass is 249 g/mol. The molecule has 0 heterocycles. The summed E-state index contributed by atoms with van der Waals surface area (Å²) in [5.74, 6) is -4.99. The predicted molar refractivity (Wildman–Crippen MR) is 49.5 cm³/mol. The highest BCUT2D eigenvalue weighted by Crippen LogP contribution is 2.13. The number of ether oxygens (including phenoxy) is 1. The Morgan fingerprint density at radius 2 is 1.53 bits per heavy atom. The van der Waals surface area contributed by atoms with Gasteiger partial charge >= 0.3 is 18.4 Å². The van der Waals surface area contributed by atoms with Crippen LogP contribution in [0.3, 0.4) is 0 Å². The maximum atomic E-state index is 10.9. The molecule has 11 heteroatoms. The number of rotatable bonds is 6. The van der Waals surface area contributed by atoms with Crippen LogP contribution in [0.1, 0.15) is 6.92 Å². The average Bonchev–Trinajstić information content (AvgIpc) is 2.16. The maximum absolute atomic E-state index is 10.9. The van der Waals surface area contributed by atoms with E-state index in [1.165, 1.54) is 6.92 Å². The number of carbonyl (C=O) groups is 1. The number of hydrogen-bond acceptors (Lipinski definition) is 8. The van der Waals surface area contributed by atoms with Crippen molar-refractivity contribution in [2.75, 3.05) is 6.61 Å². The molecule has 0 aliphatic heterocycles. The summed E-state index contributed by atoms with van der Waals surface area (Å²) in [6.45, 7) is 2.66. The second kappa shape index (κ2) is 4.96. The zero-order valence-corrected chi connectivity index (χ0v) is 8.52. The van der Waals surface area contributed by atoms with Gasteiger partial charge < -0.3 is 4.74 Å². The van der Waals surface area contributed by atoms with Crippen molar-refractivity contribution in [3.8, 4) is 0 Å². The summed E-state index contributed by atoms with van der Waals surface area (Å²) in [6, 6.07) is 0. The van der Waals surface area contributed by atoms with E-state index in [0.29, 0.717) is 0 Å². The minimum Gasteiger partial charge on any atom is -0.437 e. The van der Waals surface area contributed by atoms with E-state index >= 15 is 0 Å². The third-order valence-corrected chi connectivity index (χ3v) is 1.62. The SMILES string of the molecule is C=C(C)C(=O)OCC([N+](=O)[O-])([N+](=O)[O-])[N+](=O)[O-]. The number of carbonyl (C=O) groups excluding carboxylic acids is 1. The van der Waals surface area contributed by atoms with E-state index < -0.39 is 33.1 Å². The molecule has 94 valence electrons. The van der Waals surface area contributed by atoms with Gasteiger partial charge in [0.25, 0.3) is 0 Å². The largest absolute Gasteiger partial charge is 0.734 e. The van der Waals surface area contributed by atoms with Crippen molar-refractivity contribution >= 4 is 5.97 Å². The minimum absolute atomic E-state index is 0.200. The van der Waals surface area contributed by atoms with Crippen LogP contribution in [-0.4, -0.2) is 33.1 Å².